The Labute approximate surface area is 98.9 Å². The van der Waals surface area contributed by atoms with Crippen LogP contribution in [0, 0.1) is 0 Å². The second-order valence-electron chi connectivity index (χ2n) is 3.00. The van der Waals surface area contributed by atoms with Gasteiger partial charge in [-0.15, -0.1) is 0 Å². The summed E-state index contributed by atoms with van der Waals surface area (Å²) in [7, 11) is 1.62. The van der Waals surface area contributed by atoms with Gasteiger partial charge in [0.25, 0.3) is 0 Å². The number of carbonyl (C=O) groups is 1. The maximum absolute atomic E-state index is 10.8. The molecule has 5 nitrogen and oxygen atoms in total. The number of rotatable bonds is 10. The van der Waals surface area contributed by atoms with Crippen LogP contribution in [-0.4, -0.2) is 52.5 Å². The van der Waals surface area contributed by atoms with Crippen LogP contribution in [-0.2, 0) is 14.3 Å². The van der Waals surface area contributed by atoms with Crippen LogP contribution in [0.4, 0.5) is 0 Å². The molecule has 0 radical (unpaired) electrons. The van der Waals surface area contributed by atoms with Crippen molar-refractivity contribution >= 4 is 5.91 Å². The summed E-state index contributed by atoms with van der Waals surface area (Å²) in [5.74, 6) is 0.00284. The molecule has 0 aromatic heterocycles. The summed E-state index contributed by atoms with van der Waals surface area (Å²) in [5, 5.41) is 5.69. The SMILES string of the molecule is C.CCNCCOCCOCCC(=O)NC. The van der Waals surface area contributed by atoms with Gasteiger partial charge in [0, 0.05) is 20.0 Å². The zero-order valence-corrected chi connectivity index (χ0v) is 9.67. The predicted octanol–water partition coefficient (Wildman–Crippen LogP) is 0.401. The highest BCUT2D eigenvalue weighted by molar-refractivity contribution is 5.75. The van der Waals surface area contributed by atoms with Gasteiger partial charge in [0.2, 0.25) is 5.91 Å². The van der Waals surface area contributed by atoms with Gasteiger partial charge in [-0.2, -0.15) is 0 Å². The Morgan fingerprint density at radius 1 is 1.12 bits per heavy atom. The standard InChI is InChI=1S/C10H22N2O3.CH4/c1-3-12-5-7-15-9-8-14-6-4-10(13)11-2;/h12H,3-9H2,1-2H3,(H,11,13);1H4. The van der Waals surface area contributed by atoms with E-state index in [0.29, 0.717) is 32.8 Å². The molecule has 0 bridgehead atoms. The third-order valence-electron chi connectivity index (χ3n) is 1.80. The van der Waals surface area contributed by atoms with Gasteiger partial charge in [-0.05, 0) is 6.54 Å². The first kappa shape index (κ1) is 17.7. The van der Waals surface area contributed by atoms with E-state index in [4.69, 9.17) is 9.47 Å². The van der Waals surface area contributed by atoms with Crippen molar-refractivity contribution in [2.75, 3.05) is 46.6 Å². The molecule has 0 atom stereocenters. The van der Waals surface area contributed by atoms with Crippen molar-refractivity contribution in [1.29, 1.82) is 0 Å². The van der Waals surface area contributed by atoms with Gasteiger partial charge in [0.1, 0.15) is 0 Å². The van der Waals surface area contributed by atoms with Crippen molar-refractivity contribution in [3.8, 4) is 0 Å². The normalized spacial score (nSPS) is 9.62. The lowest BCUT2D eigenvalue weighted by molar-refractivity contribution is -0.121. The number of nitrogens with one attached hydrogen (secondary N) is 2. The van der Waals surface area contributed by atoms with Gasteiger partial charge < -0.3 is 20.1 Å². The molecule has 16 heavy (non-hydrogen) atoms. The number of likely N-dealkylation sites (N-methyl/N-ethyl adjacent to an activating group) is 1. The summed E-state index contributed by atoms with van der Waals surface area (Å²) in [6.45, 7) is 6.17. The summed E-state index contributed by atoms with van der Waals surface area (Å²) in [5.41, 5.74) is 0. The third kappa shape index (κ3) is 13.4. The average Bonchev–Trinajstić information content (AvgIpc) is 2.26. The summed E-state index contributed by atoms with van der Waals surface area (Å²) in [6, 6.07) is 0. The van der Waals surface area contributed by atoms with Crippen LogP contribution in [0.25, 0.3) is 0 Å². The lowest BCUT2D eigenvalue weighted by Crippen LogP contribution is -2.21. The van der Waals surface area contributed by atoms with Gasteiger partial charge in [0.05, 0.1) is 26.4 Å². The molecule has 5 heteroatoms. The third-order valence-corrected chi connectivity index (χ3v) is 1.80. The second kappa shape index (κ2) is 14.3. The van der Waals surface area contributed by atoms with E-state index in [1.54, 1.807) is 7.05 Å². The minimum absolute atomic E-state index is 0. The zero-order valence-electron chi connectivity index (χ0n) is 9.67. The van der Waals surface area contributed by atoms with Crippen LogP contribution in [0.2, 0.25) is 0 Å². The minimum atomic E-state index is 0. The number of amides is 1. The first-order valence-corrected chi connectivity index (χ1v) is 5.38. The van der Waals surface area contributed by atoms with Crippen molar-refractivity contribution in [3.63, 3.8) is 0 Å². The Bertz CT molecular complexity index is 154. The van der Waals surface area contributed by atoms with Crippen LogP contribution in [0.15, 0.2) is 0 Å². The highest BCUT2D eigenvalue weighted by Crippen LogP contribution is 1.83. The largest absolute Gasteiger partial charge is 0.379 e. The molecule has 1 amide bonds. The number of hydrogen-bond acceptors (Lipinski definition) is 4. The molecule has 0 aromatic rings. The summed E-state index contributed by atoms with van der Waals surface area (Å²) >= 11 is 0. The van der Waals surface area contributed by atoms with Crippen LogP contribution in [0.1, 0.15) is 20.8 Å². The van der Waals surface area contributed by atoms with Gasteiger partial charge in [0.15, 0.2) is 0 Å². The molecular formula is C11H26N2O3. The van der Waals surface area contributed by atoms with Gasteiger partial charge in [-0.25, -0.2) is 0 Å². The first-order chi connectivity index (χ1) is 7.31. The van der Waals surface area contributed by atoms with Gasteiger partial charge in [-0.3, -0.25) is 4.79 Å². The Hall–Kier alpha value is -0.650. The van der Waals surface area contributed by atoms with E-state index in [1.807, 2.05) is 0 Å². The Kier molecular flexibility index (Phi) is 15.9. The maximum atomic E-state index is 10.8. The lowest BCUT2D eigenvalue weighted by atomic mass is 10.4. The molecule has 0 rings (SSSR count). The summed E-state index contributed by atoms with van der Waals surface area (Å²) < 4.78 is 10.5. The van der Waals surface area contributed by atoms with Crippen LogP contribution < -0.4 is 10.6 Å². The Morgan fingerprint density at radius 3 is 2.31 bits per heavy atom. The van der Waals surface area contributed by atoms with E-state index < -0.39 is 0 Å². The Balaban J connectivity index is 0. The molecule has 98 valence electrons. The monoisotopic (exact) mass is 234 g/mol. The van der Waals surface area contributed by atoms with E-state index in [9.17, 15) is 4.79 Å². The van der Waals surface area contributed by atoms with Crippen molar-refractivity contribution in [2.24, 2.45) is 0 Å². The molecule has 0 saturated carbocycles. The number of ether oxygens (including phenoxy) is 2. The fourth-order valence-corrected chi connectivity index (χ4v) is 0.933. The molecule has 0 aromatic carbocycles. The minimum Gasteiger partial charge on any atom is -0.379 e. The predicted molar refractivity (Wildman–Crippen MR) is 65.6 cm³/mol. The van der Waals surface area contributed by atoms with E-state index >= 15 is 0 Å². The van der Waals surface area contributed by atoms with Crippen molar-refractivity contribution in [2.45, 2.75) is 20.8 Å². The molecule has 0 aliphatic carbocycles. The fraction of sp³-hybridized carbons (Fsp3) is 0.909. The van der Waals surface area contributed by atoms with Crippen LogP contribution in [0.3, 0.4) is 0 Å². The maximum Gasteiger partial charge on any atom is 0.222 e. The first-order valence-electron chi connectivity index (χ1n) is 5.38. The molecule has 0 unspecified atom stereocenters. The van der Waals surface area contributed by atoms with Crippen molar-refractivity contribution in [1.82, 2.24) is 10.6 Å². The average molecular weight is 234 g/mol. The number of carbonyl (C=O) groups excluding carboxylic acids is 1. The molecular weight excluding hydrogens is 208 g/mol. The van der Waals surface area contributed by atoms with E-state index in [-0.39, 0.29) is 13.3 Å². The summed E-state index contributed by atoms with van der Waals surface area (Å²) in [4.78, 5) is 10.8. The topological polar surface area (TPSA) is 59.6 Å². The summed E-state index contributed by atoms with van der Waals surface area (Å²) in [6.07, 6.45) is 0.411. The van der Waals surface area contributed by atoms with Crippen molar-refractivity contribution < 1.29 is 14.3 Å². The molecule has 0 fully saturated rings. The molecule has 0 aliphatic heterocycles. The molecule has 0 spiro atoms. The Morgan fingerprint density at radius 2 is 1.75 bits per heavy atom. The van der Waals surface area contributed by atoms with Crippen LogP contribution >= 0.6 is 0 Å². The molecule has 0 heterocycles. The second-order valence-corrected chi connectivity index (χ2v) is 3.00. The van der Waals surface area contributed by atoms with E-state index in [2.05, 4.69) is 17.6 Å². The van der Waals surface area contributed by atoms with Crippen molar-refractivity contribution in [3.05, 3.63) is 0 Å². The number of hydrogen-bond donors (Lipinski definition) is 2. The lowest BCUT2D eigenvalue weighted by Gasteiger charge is -2.05. The van der Waals surface area contributed by atoms with E-state index in [1.165, 1.54) is 0 Å². The highest BCUT2D eigenvalue weighted by atomic mass is 16.5. The molecule has 2 N–H and O–H groups in total. The zero-order chi connectivity index (χ0) is 11.4. The molecule has 0 saturated heterocycles. The van der Waals surface area contributed by atoms with E-state index in [0.717, 1.165) is 13.1 Å². The van der Waals surface area contributed by atoms with Gasteiger partial charge in [-0.1, -0.05) is 14.4 Å². The quantitative estimate of drug-likeness (QED) is 0.537. The van der Waals surface area contributed by atoms with Crippen LogP contribution in [0.5, 0.6) is 0 Å². The highest BCUT2D eigenvalue weighted by Gasteiger charge is 1.96. The smallest absolute Gasteiger partial charge is 0.222 e. The fourth-order valence-electron chi connectivity index (χ4n) is 0.933. The van der Waals surface area contributed by atoms with Gasteiger partial charge >= 0.3 is 0 Å². The molecule has 0 aliphatic rings.